The van der Waals surface area contributed by atoms with Gasteiger partial charge in [-0.15, -0.1) is 6.58 Å². The molecule has 0 aromatic carbocycles. The van der Waals surface area contributed by atoms with Crippen LogP contribution in [0.15, 0.2) is 36.0 Å². The summed E-state index contributed by atoms with van der Waals surface area (Å²) >= 11 is 0. The van der Waals surface area contributed by atoms with E-state index in [2.05, 4.69) is 6.58 Å². The summed E-state index contributed by atoms with van der Waals surface area (Å²) < 4.78 is 37.4. The molecular weight excluding hydrogens is 395 g/mol. The SMILES string of the molecule is C=C[C@@H](O)C1=C(C)[C@H](/C=C\C)[C@@](C[C@H](C)[C@@H](C)CNC(=O)C(F)(F)F)(C(C)=O)CC1. The van der Waals surface area contributed by atoms with Crippen LogP contribution >= 0.6 is 0 Å². The normalized spacial score (nSPS) is 25.7. The van der Waals surface area contributed by atoms with E-state index in [1.54, 1.807) is 13.8 Å². The lowest BCUT2D eigenvalue weighted by Crippen LogP contribution is -2.44. The molecule has 0 radical (unpaired) electrons. The number of amides is 1. The fourth-order valence-corrected chi connectivity index (χ4v) is 4.47. The summed E-state index contributed by atoms with van der Waals surface area (Å²) in [4.78, 5) is 24.0. The van der Waals surface area contributed by atoms with E-state index < -0.39 is 23.6 Å². The highest BCUT2D eigenvalue weighted by Gasteiger charge is 2.47. The minimum atomic E-state index is -4.91. The van der Waals surface area contributed by atoms with Gasteiger partial charge in [0.2, 0.25) is 0 Å². The zero-order valence-electron chi connectivity index (χ0n) is 18.5. The van der Waals surface area contributed by atoms with E-state index >= 15 is 0 Å². The number of carbonyl (C=O) groups excluding carboxylic acids is 2. The van der Waals surface area contributed by atoms with E-state index in [9.17, 15) is 27.9 Å². The second-order valence-corrected chi connectivity index (χ2v) is 8.47. The van der Waals surface area contributed by atoms with Crippen LogP contribution in [-0.4, -0.2) is 35.6 Å². The van der Waals surface area contributed by atoms with Crippen LogP contribution in [0.1, 0.15) is 53.9 Å². The van der Waals surface area contributed by atoms with E-state index in [1.807, 2.05) is 38.2 Å². The maximum absolute atomic E-state index is 12.9. The Hall–Kier alpha value is -1.89. The van der Waals surface area contributed by atoms with Crippen molar-refractivity contribution in [2.75, 3.05) is 6.54 Å². The first kappa shape index (κ1) is 26.1. The van der Waals surface area contributed by atoms with E-state index in [0.717, 1.165) is 11.1 Å². The minimum absolute atomic E-state index is 0.0236. The number of allylic oxidation sites excluding steroid dienone is 3. The number of hydrogen-bond acceptors (Lipinski definition) is 3. The molecule has 0 spiro atoms. The van der Waals surface area contributed by atoms with E-state index in [1.165, 1.54) is 6.08 Å². The Kier molecular flexibility index (Phi) is 9.08. The molecule has 0 bridgehead atoms. The van der Waals surface area contributed by atoms with Gasteiger partial charge in [-0.05, 0) is 57.4 Å². The molecule has 0 unspecified atom stereocenters. The fourth-order valence-electron chi connectivity index (χ4n) is 4.47. The summed E-state index contributed by atoms with van der Waals surface area (Å²) in [7, 11) is 0. The minimum Gasteiger partial charge on any atom is -0.385 e. The predicted octanol–water partition coefficient (Wildman–Crippen LogP) is 4.75. The molecule has 170 valence electrons. The predicted molar refractivity (Wildman–Crippen MR) is 112 cm³/mol. The van der Waals surface area contributed by atoms with Crippen LogP contribution in [0, 0.1) is 23.2 Å². The zero-order chi connectivity index (χ0) is 23.3. The van der Waals surface area contributed by atoms with Gasteiger partial charge in [-0.2, -0.15) is 13.2 Å². The molecular formula is C23H34F3NO3. The zero-order valence-corrected chi connectivity index (χ0v) is 18.5. The Morgan fingerprint density at radius 1 is 1.33 bits per heavy atom. The van der Waals surface area contributed by atoms with Gasteiger partial charge < -0.3 is 10.4 Å². The van der Waals surface area contributed by atoms with Crippen LogP contribution in [0.25, 0.3) is 0 Å². The molecule has 30 heavy (non-hydrogen) atoms. The Bertz CT molecular complexity index is 711. The van der Waals surface area contributed by atoms with Crippen molar-refractivity contribution in [2.24, 2.45) is 23.2 Å². The number of halogens is 3. The Morgan fingerprint density at radius 2 is 1.93 bits per heavy atom. The third-order valence-corrected chi connectivity index (χ3v) is 6.57. The first-order valence-corrected chi connectivity index (χ1v) is 10.3. The molecule has 0 fully saturated rings. The van der Waals surface area contributed by atoms with Gasteiger partial charge in [-0.1, -0.05) is 37.6 Å². The standard InChI is InChI=1S/C23H34F3NO3/c1-7-9-19-16(5)18(20(29)8-2)10-11-22(19,17(6)28)12-14(3)15(4)13-27-21(30)23(24,25)26/h7-9,14-15,19-20,29H,2,10-13H2,1,3-6H3,(H,27,30)/b9-7-/t14-,15-,19-,20+,22-/m0/s1. The molecule has 0 saturated heterocycles. The summed E-state index contributed by atoms with van der Waals surface area (Å²) in [6.07, 6.45) is 1.22. The lowest BCUT2D eigenvalue weighted by Gasteiger charge is -2.45. The summed E-state index contributed by atoms with van der Waals surface area (Å²) in [6, 6.07) is 0. The molecule has 0 aromatic rings. The van der Waals surface area contributed by atoms with Gasteiger partial charge in [-0.25, -0.2) is 0 Å². The van der Waals surface area contributed by atoms with Gasteiger partial charge in [0.05, 0.1) is 6.10 Å². The highest BCUT2D eigenvalue weighted by atomic mass is 19.4. The van der Waals surface area contributed by atoms with Crippen LogP contribution < -0.4 is 5.32 Å². The topological polar surface area (TPSA) is 66.4 Å². The van der Waals surface area contributed by atoms with Crippen LogP contribution in [-0.2, 0) is 9.59 Å². The highest BCUT2D eigenvalue weighted by Crippen LogP contribution is 2.51. The van der Waals surface area contributed by atoms with E-state index in [4.69, 9.17) is 0 Å². The average Bonchev–Trinajstić information content (AvgIpc) is 2.66. The van der Waals surface area contributed by atoms with Gasteiger partial charge in [0.1, 0.15) is 5.78 Å². The molecule has 1 amide bonds. The molecule has 1 rings (SSSR count). The molecule has 0 aliphatic heterocycles. The van der Waals surface area contributed by atoms with Crippen LogP contribution in [0.2, 0.25) is 0 Å². The van der Waals surface area contributed by atoms with Crippen molar-refractivity contribution >= 4 is 11.7 Å². The van der Waals surface area contributed by atoms with Crippen LogP contribution in [0.4, 0.5) is 13.2 Å². The molecule has 0 saturated carbocycles. The first-order valence-electron chi connectivity index (χ1n) is 10.3. The van der Waals surface area contributed by atoms with Crippen molar-refractivity contribution in [1.82, 2.24) is 5.32 Å². The van der Waals surface area contributed by atoms with E-state index in [-0.39, 0.29) is 30.1 Å². The number of alkyl halides is 3. The van der Waals surface area contributed by atoms with Gasteiger partial charge >= 0.3 is 12.1 Å². The van der Waals surface area contributed by atoms with Gasteiger partial charge in [-0.3, -0.25) is 9.59 Å². The smallest absolute Gasteiger partial charge is 0.385 e. The molecule has 1 aliphatic rings. The van der Waals surface area contributed by atoms with Crippen molar-refractivity contribution in [3.8, 4) is 0 Å². The monoisotopic (exact) mass is 429 g/mol. The van der Waals surface area contributed by atoms with E-state index in [0.29, 0.717) is 19.3 Å². The average molecular weight is 430 g/mol. The summed E-state index contributed by atoms with van der Waals surface area (Å²) in [5.41, 5.74) is 1.10. The number of hydrogen-bond donors (Lipinski definition) is 2. The number of nitrogens with one attached hydrogen (secondary N) is 1. The largest absolute Gasteiger partial charge is 0.471 e. The van der Waals surface area contributed by atoms with Gasteiger partial charge in [0.15, 0.2) is 0 Å². The lowest BCUT2D eigenvalue weighted by molar-refractivity contribution is -0.173. The van der Waals surface area contributed by atoms with Crippen molar-refractivity contribution < 1.29 is 27.9 Å². The molecule has 7 heteroatoms. The molecule has 0 aromatic heterocycles. The first-order chi connectivity index (χ1) is 13.8. The van der Waals surface area contributed by atoms with Crippen molar-refractivity contribution in [2.45, 2.75) is 66.2 Å². The number of aliphatic hydroxyl groups excluding tert-OH is 1. The molecule has 0 heterocycles. The molecule has 2 N–H and O–H groups in total. The number of carbonyl (C=O) groups is 2. The fraction of sp³-hybridized carbons (Fsp3) is 0.652. The highest BCUT2D eigenvalue weighted by molar-refractivity contribution is 5.84. The second kappa shape index (κ2) is 10.4. The molecule has 5 atom stereocenters. The summed E-state index contributed by atoms with van der Waals surface area (Å²) in [5.74, 6) is -2.49. The maximum Gasteiger partial charge on any atom is 0.471 e. The Morgan fingerprint density at radius 3 is 2.40 bits per heavy atom. The van der Waals surface area contributed by atoms with Crippen LogP contribution in [0.3, 0.4) is 0 Å². The molecule has 4 nitrogen and oxygen atoms in total. The Labute approximate surface area is 177 Å². The Balaban J connectivity index is 3.14. The summed E-state index contributed by atoms with van der Waals surface area (Å²) in [5, 5.41) is 12.2. The molecule has 1 aliphatic carbocycles. The lowest BCUT2D eigenvalue weighted by atomic mass is 9.57. The maximum atomic E-state index is 12.9. The number of aliphatic hydroxyl groups is 1. The van der Waals surface area contributed by atoms with Gasteiger partial charge in [0.25, 0.3) is 0 Å². The van der Waals surface area contributed by atoms with Crippen molar-refractivity contribution in [3.63, 3.8) is 0 Å². The third kappa shape index (κ3) is 5.84. The third-order valence-electron chi connectivity index (χ3n) is 6.57. The second-order valence-electron chi connectivity index (χ2n) is 8.47. The number of rotatable bonds is 9. The van der Waals surface area contributed by atoms with Crippen molar-refractivity contribution in [1.29, 1.82) is 0 Å². The number of Topliss-reactive ketones (excluding diaryl/α,β-unsaturated/α-hetero) is 1. The summed E-state index contributed by atoms with van der Waals surface area (Å²) in [6.45, 7) is 12.6. The van der Waals surface area contributed by atoms with Crippen molar-refractivity contribution in [3.05, 3.63) is 36.0 Å². The number of ketones is 1. The van der Waals surface area contributed by atoms with Crippen LogP contribution in [0.5, 0.6) is 0 Å². The quantitative estimate of drug-likeness (QED) is 0.520. The van der Waals surface area contributed by atoms with Gasteiger partial charge in [0, 0.05) is 17.9 Å².